The fourth-order valence-electron chi connectivity index (χ4n) is 1.40. The number of aliphatic hydroxyl groups is 1. The smallest absolute Gasteiger partial charge is 0.385 e. The Morgan fingerprint density at radius 2 is 2.06 bits per heavy atom. The Morgan fingerprint density at radius 1 is 1.38 bits per heavy atom. The Hall–Kier alpha value is -1.56. The molecular weight excluding hydrogens is 221 g/mol. The molecule has 0 amide bonds. The Balaban J connectivity index is 2.54. The van der Waals surface area contributed by atoms with Gasteiger partial charge in [0.25, 0.3) is 0 Å². The van der Waals surface area contributed by atoms with E-state index < -0.39 is 17.8 Å². The van der Waals surface area contributed by atoms with Crippen molar-refractivity contribution in [3.05, 3.63) is 29.6 Å². The highest BCUT2D eigenvalue weighted by molar-refractivity contribution is 5.76. The van der Waals surface area contributed by atoms with Crippen LogP contribution in [0.2, 0.25) is 0 Å². The molecule has 3 nitrogen and oxygen atoms in total. The number of fused-ring (bicyclic) bond motifs is 1. The quantitative estimate of drug-likeness (QED) is 0.791. The summed E-state index contributed by atoms with van der Waals surface area (Å²) < 4.78 is 37.2. The number of nitrogens with zero attached hydrogens (tertiary/aromatic N) is 1. The number of nitrogens with one attached hydrogen (secondary N) is 1. The van der Waals surface area contributed by atoms with E-state index in [1.54, 1.807) is 0 Å². The molecule has 1 aromatic heterocycles. The number of hydrogen-bond donors (Lipinski definition) is 2. The number of hydrogen-bond acceptors (Lipinski definition) is 2. The monoisotopic (exact) mass is 230 g/mol. The highest BCUT2D eigenvalue weighted by atomic mass is 19.4. The number of aliphatic hydroxyl groups excluding tert-OH is 1. The number of aromatic nitrogens is 2. The minimum Gasteiger partial charge on any atom is -0.385 e. The molecule has 16 heavy (non-hydrogen) atoms. The second-order valence-corrected chi connectivity index (χ2v) is 3.53. The Labute approximate surface area is 88.9 Å². The third-order valence-electron chi connectivity index (χ3n) is 2.22. The molecule has 0 aliphatic heterocycles. The lowest BCUT2D eigenvalue weighted by atomic mass is 10.2. The summed E-state index contributed by atoms with van der Waals surface area (Å²) in [6, 6.07) is 3.23. The van der Waals surface area contributed by atoms with Crippen molar-refractivity contribution >= 4 is 11.0 Å². The first-order chi connectivity index (χ1) is 7.38. The van der Waals surface area contributed by atoms with Gasteiger partial charge in [0.15, 0.2) is 0 Å². The predicted octanol–water partition coefficient (Wildman–Crippen LogP) is 2.63. The minimum absolute atomic E-state index is 0.259. The van der Waals surface area contributed by atoms with Gasteiger partial charge < -0.3 is 10.1 Å². The molecule has 86 valence electrons. The van der Waals surface area contributed by atoms with Crippen LogP contribution in [-0.2, 0) is 6.18 Å². The average molecular weight is 230 g/mol. The number of imidazole rings is 1. The lowest BCUT2D eigenvalue weighted by molar-refractivity contribution is -0.137. The second-order valence-electron chi connectivity index (χ2n) is 3.53. The first-order valence-corrected chi connectivity index (χ1v) is 4.63. The molecule has 0 spiro atoms. The van der Waals surface area contributed by atoms with E-state index in [4.69, 9.17) is 0 Å². The summed E-state index contributed by atoms with van der Waals surface area (Å²) in [5, 5.41) is 9.24. The highest BCUT2D eigenvalue weighted by Crippen LogP contribution is 2.31. The van der Waals surface area contributed by atoms with Crippen molar-refractivity contribution in [3.63, 3.8) is 0 Å². The van der Waals surface area contributed by atoms with Crippen LogP contribution in [0.5, 0.6) is 0 Å². The summed E-state index contributed by atoms with van der Waals surface area (Å²) in [6.07, 6.45) is -5.20. The summed E-state index contributed by atoms with van der Waals surface area (Å²) in [5.41, 5.74) is -0.0598. The molecule has 0 fully saturated rings. The molecule has 0 saturated carbocycles. The predicted molar refractivity (Wildman–Crippen MR) is 51.7 cm³/mol. The van der Waals surface area contributed by atoms with Crippen molar-refractivity contribution in [1.82, 2.24) is 9.97 Å². The zero-order valence-corrected chi connectivity index (χ0v) is 8.34. The van der Waals surface area contributed by atoms with E-state index in [1.807, 2.05) is 0 Å². The van der Waals surface area contributed by atoms with Gasteiger partial charge in [-0.1, -0.05) is 0 Å². The summed E-state index contributed by atoms with van der Waals surface area (Å²) in [6.45, 7) is 1.49. The molecule has 0 saturated heterocycles. The molecule has 2 N–H and O–H groups in total. The first kappa shape index (κ1) is 10.9. The summed E-state index contributed by atoms with van der Waals surface area (Å²) in [5.74, 6) is 0.259. The number of alkyl halides is 3. The van der Waals surface area contributed by atoms with Crippen molar-refractivity contribution < 1.29 is 18.3 Å². The Bertz CT molecular complexity index is 516. The molecule has 0 bridgehead atoms. The molecule has 6 heteroatoms. The zero-order chi connectivity index (χ0) is 11.9. The fourth-order valence-corrected chi connectivity index (χ4v) is 1.40. The molecule has 2 aromatic rings. The van der Waals surface area contributed by atoms with Crippen LogP contribution in [-0.4, -0.2) is 15.1 Å². The average Bonchev–Trinajstić information content (AvgIpc) is 2.58. The van der Waals surface area contributed by atoms with Gasteiger partial charge in [-0.05, 0) is 25.1 Å². The molecule has 0 aliphatic rings. The van der Waals surface area contributed by atoms with Gasteiger partial charge in [-0.3, -0.25) is 0 Å². The van der Waals surface area contributed by atoms with E-state index in [0.29, 0.717) is 5.52 Å². The SMILES string of the molecule is C[C@@H](O)c1nc2ccc(C(F)(F)F)cc2[nH]1. The highest BCUT2D eigenvalue weighted by Gasteiger charge is 2.30. The zero-order valence-electron chi connectivity index (χ0n) is 8.34. The standard InChI is InChI=1S/C10H9F3N2O/c1-5(16)9-14-7-3-2-6(10(11,12)13)4-8(7)15-9/h2-5,16H,1H3,(H,14,15)/t5-/m1/s1. The van der Waals surface area contributed by atoms with Crippen LogP contribution in [0.1, 0.15) is 24.4 Å². The maximum absolute atomic E-state index is 12.4. The van der Waals surface area contributed by atoms with Gasteiger partial charge >= 0.3 is 6.18 Å². The molecule has 1 aromatic carbocycles. The number of H-pyrrole nitrogens is 1. The van der Waals surface area contributed by atoms with Gasteiger partial charge in [0.1, 0.15) is 11.9 Å². The number of rotatable bonds is 1. The summed E-state index contributed by atoms with van der Waals surface area (Å²) >= 11 is 0. The molecule has 1 heterocycles. The minimum atomic E-state index is -4.37. The van der Waals surface area contributed by atoms with Crippen molar-refractivity contribution in [3.8, 4) is 0 Å². The molecule has 0 unspecified atom stereocenters. The Morgan fingerprint density at radius 3 is 2.62 bits per heavy atom. The maximum atomic E-state index is 12.4. The molecular formula is C10H9F3N2O. The normalized spacial score (nSPS) is 14.3. The molecule has 0 radical (unpaired) electrons. The van der Waals surface area contributed by atoms with Crippen molar-refractivity contribution in [1.29, 1.82) is 0 Å². The van der Waals surface area contributed by atoms with Crippen molar-refractivity contribution in [2.75, 3.05) is 0 Å². The van der Waals surface area contributed by atoms with Crippen LogP contribution in [0.4, 0.5) is 13.2 Å². The van der Waals surface area contributed by atoms with E-state index >= 15 is 0 Å². The van der Waals surface area contributed by atoms with Gasteiger partial charge in [0.2, 0.25) is 0 Å². The van der Waals surface area contributed by atoms with Crippen LogP contribution in [0.3, 0.4) is 0 Å². The van der Waals surface area contributed by atoms with E-state index in [1.165, 1.54) is 13.0 Å². The van der Waals surface area contributed by atoms with Crippen LogP contribution in [0, 0.1) is 0 Å². The number of benzene rings is 1. The van der Waals surface area contributed by atoms with Crippen molar-refractivity contribution in [2.24, 2.45) is 0 Å². The number of aromatic amines is 1. The van der Waals surface area contributed by atoms with Crippen LogP contribution < -0.4 is 0 Å². The lowest BCUT2D eigenvalue weighted by Gasteiger charge is -2.05. The van der Waals surface area contributed by atoms with Crippen LogP contribution in [0.15, 0.2) is 18.2 Å². The lowest BCUT2D eigenvalue weighted by Crippen LogP contribution is -2.04. The molecule has 1 atom stereocenters. The largest absolute Gasteiger partial charge is 0.416 e. The van der Waals surface area contributed by atoms with Gasteiger partial charge in [-0.15, -0.1) is 0 Å². The van der Waals surface area contributed by atoms with E-state index in [2.05, 4.69) is 9.97 Å². The summed E-state index contributed by atoms with van der Waals surface area (Å²) in [7, 11) is 0. The van der Waals surface area contributed by atoms with Crippen LogP contribution >= 0.6 is 0 Å². The van der Waals surface area contributed by atoms with E-state index in [-0.39, 0.29) is 11.3 Å². The van der Waals surface area contributed by atoms with Gasteiger partial charge in [0, 0.05) is 0 Å². The first-order valence-electron chi connectivity index (χ1n) is 4.63. The van der Waals surface area contributed by atoms with Gasteiger partial charge in [-0.2, -0.15) is 13.2 Å². The second kappa shape index (κ2) is 3.48. The van der Waals surface area contributed by atoms with Crippen LogP contribution in [0.25, 0.3) is 11.0 Å². The number of halogens is 3. The summed E-state index contributed by atoms with van der Waals surface area (Å²) in [4.78, 5) is 6.61. The topological polar surface area (TPSA) is 48.9 Å². The van der Waals surface area contributed by atoms with Gasteiger partial charge in [-0.25, -0.2) is 4.98 Å². The third kappa shape index (κ3) is 1.88. The third-order valence-corrected chi connectivity index (χ3v) is 2.22. The van der Waals surface area contributed by atoms with E-state index in [9.17, 15) is 18.3 Å². The Kier molecular flexibility index (Phi) is 2.38. The fraction of sp³-hybridized carbons (Fsp3) is 0.300. The van der Waals surface area contributed by atoms with Crippen molar-refractivity contribution in [2.45, 2.75) is 19.2 Å². The maximum Gasteiger partial charge on any atom is 0.416 e. The molecule has 0 aliphatic carbocycles. The van der Waals surface area contributed by atoms with E-state index in [0.717, 1.165) is 12.1 Å². The van der Waals surface area contributed by atoms with Gasteiger partial charge in [0.05, 0.1) is 16.6 Å². The molecule has 2 rings (SSSR count).